The van der Waals surface area contributed by atoms with Crippen molar-refractivity contribution in [2.75, 3.05) is 26.3 Å². The molecular weight excluding hydrogens is 436 g/mol. The van der Waals surface area contributed by atoms with E-state index in [1.807, 2.05) is 13.1 Å². The second kappa shape index (κ2) is 8.19. The van der Waals surface area contributed by atoms with Gasteiger partial charge < -0.3 is 13.9 Å². The number of thioether (sulfide) groups is 1. The Kier molecular flexibility index (Phi) is 5.53. The van der Waals surface area contributed by atoms with Gasteiger partial charge in [0.2, 0.25) is 10.0 Å². The third kappa shape index (κ3) is 3.88. The minimum Gasteiger partial charge on any atom is -0.379 e. The number of hydrogen-bond acceptors (Lipinski definition) is 7. The second-order valence-corrected chi connectivity index (χ2v) is 10.8. The van der Waals surface area contributed by atoms with Crippen molar-refractivity contribution in [1.29, 1.82) is 0 Å². The van der Waals surface area contributed by atoms with Gasteiger partial charge in [-0.15, -0.1) is 10.2 Å². The van der Waals surface area contributed by atoms with Crippen LogP contribution in [0.1, 0.15) is 37.3 Å². The highest BCUT2D eigenvalue weighted by Gasteiger charge is 2.30. The predicted octanol–water partition coefficient (Wildman–Crippen LogP) is 2.38. The highest BCUT2D eigenvalue weighted by molar-refractivity contribution is 7.98. The third-order valence-corrected chi connectivity index (χ3v) is 8.78. The molecule has 1 saturated heterocycles. The molecule has 0 radical (unpaired) electrons. The van der Waals surface area contributed by atoms with Gasteiger partial charge in [0.25, 0.3) is 0 Å². The largest absolute Gasteiger partial charge is 0.379 e. The number of aromatic nitrogens is 5. The molecule has 3 aromatic rings. The first-order valence-electron chi connectivity index (χ1n) is 10.6. The molecule has 1 aliphatic carbocycles. The Bertz CT molecular complexity index is 1210. The number of benzene rings is 1. The van der Waals surface area contributed by atoms with Gasteiger partial charge in [-0.25, -0.2) is 13.4 Å². The third-order valence-electron chi connectivity index (χ3n) is 5.86. The molecule has 5 rings (SSSR count). The van der Waals surface area contributed by atoms with E-state index in [1.165, 1.54) is 17.1 Å². The van der Waals surface area contributed by atoms with Gasteiger partial charge in [-0.2, -0.15) is 4.31 Å². The van der Waals surface area contributed by atoms with Gasteiger partial charge in [0.1, 0.15) is 11.6 Å². The van der Waals surface area contributed by atoms with Gasteiger partial charge in [-0.05, 0) is 38.0 Å². The first-order chi connectivity index (χ1) is 15.0. The summed E-state index contributed by atoms with van der Waals surface area (Å²) in [4.78, 5) is 5.06. The fourth-order valence-electron chi connectivity index (χ4n) is 4.00. The van der Waals surface area contributed by atoms with Crippen LogP contribution in [0, 0.1) is 0 Å². The first-order valence-corrected chi connectivity index (χ1v) is 13.0. The standard InChI is InChI=1S/C20H26N6O3S2/c1-3-26-17-7-6-15(31(27,28)25-8-10-29-11-9-25)12-16(17)21-18(26)13-30-20-23-22-19(24(20)2)14-4-5-14/h6-7,12,14H,3-5,8-11,13H2,1-2H3. The molecule has 2 aromatic heterocycles. The molecule has 166 valence electrons. The van der Waals surface area contributed by atoms with E-state index in [4.69, 9.17) is 9.72 Å². The number of fused-ring (bicyclic) bond motifs is 1. The number of nitrogens with zero attached hydrogens (tertiary/aromatic N) is 6. The summed E-state index contributed by atoms with van der Waals surface area (Å²) in [6.45, 7) is 4.45. The summed E-state index contributed by atoms with van der Waals surface area (Å²) in [5, 5.41) is 9.57. The van der Waals surface area contributed by atoms with Crippen molar-refractivity contribution in [3.63, 3.8) is 0 Å². The highest BCUT2D eigenvalue weighted by atomic mass is 32.2. The number of aryl methyl sites for hydroxylation is 1. The van der Waals surface area contributed by atoms with Crippen molar-refractivity contribution in [2.45, 2.75) is 48.0 Å². The molecule has 0 unspecified atom stereocenters. The SMILES string of the molecule is CCn1c(CSc2nnc(C3CC3)n2C)nc2cc(S(=O)(=O)N3CCOCC3)ccc21. The van der Waals surface area contributed by atoms with Crippen molar-refractivity contribution in [1.82, 2.24) is 28.6 Å². The van der Waals surface area contributed by atoms with Crippen LogP contribution in [-0.4, -0.2) is 63.3 Å². The summed E-state index contributed by atoms with van der Waals surface area (Å²) in [5.74, 6) is 3.16. The van der Waals surface area contributed by atoms with Crippen molar-refractivity contribution in [2.24, 2.45) is 7.05 Å². The zero-order valence-electron chi connectivity index (χ0n) is 17.7. The zero-order valence-corrected chi connectivity index (χ0v) is 19.3. The lowest BCUT2D eigenvalue weighted by Gasteiger charge is -2.26. The van der Waals surface area contributed by atoms with Crippen LogP contribution >= 0.6 is 11.8 Å². The summed E-state index contributed by atoms with van der Waals surface area (Å²) in [6.07, 6.45) is 2.38. The lowest BCUT2D eigenvalue weighted by molar-refractivity contribution is 0.0730. The summed E-state index contributed by atoms with van der Waals surface area (Å²) >= 11 is 1.61. The molecule has 2 fully saturated rings. The van der Waals surface area contributed by atoms with Crippen molar-refractivity contribution < 1.29 is 13.2 Å². The fourth-order valence-corrected chi connectivity index (χ4v) is 6.29. The van der Waals surface area contributed by atoms with Crippen LogP contribution in [0.15, 0.2) is 28.3 Å². The monoisotopic (exact) mass is 462 g/mol. The lowest BCUT2D eigenvalue weighted by atomic mass is 10.3. The van der Waals surface area contributed by atoms with Crippen LogP contribution in [0.25, 0.3) is 11.0 Å². The van der Waals surface area contributed by atoms with Crippen LogP contribution in [0.4, 0.5) is 0 Å². The van der Waals surface area contributed by atoms with E-state index in [2.05, 4.69) is 26.3 Å². The number of rotatable bonds is 7. The van der Waals surface area contributed by atoms with Gasteiger partial charge in [0, 0.05) is 32.6 Å². The number of sulfonamides is 1. The van der Waals surface area contributed by atoms with Crippen LogP contribution in [-0.2, 0) is 34.1 Å². The first kappa shape index (κ1) is 20.9. The maximum atomic E-state index is 13.0. The Morgan fingerprint density at radius 3 is 2.68 bits per heavy atom. The van der Waals surface area contributed by atoms with Gasteiger partial charge in [-0.3, -0.25) is 0 Å². The van der Waals surface area contributed by atoms with E-state index in [0.717, 1.165) is 28.9 Å². The van der Waals surface area contributed by atoms with Gasteiger partial charge in [0.15, 0.2) is 5.16 Å². The summed E-state index contributed by atoms with van der Waals surface area (Å²) in [5.41, 5.74) is 1.64. The van der Waals surface area contributed by atoms with Crippen molar-refractivity contribution >= 4 is 32.8 Å². The Balaban J connectivity index is 1.41. The van der Waals surface area contributed by atoms with Crippen LogP contribution in [0.5, 0.6) is 0 Å². The molecule has 3 heterocycles. The highest BCUT2D eigenvalue weighted by Crippen LogP contribution is 2.39. The Hall–Kier alpha value is -1.95. The lowest BCUT2D eigenvalue weighted by Crippen LogP contribution is -2.40. The minimum atomic E-state index is -3.55. The van der Waals surface area contributed by atoms with E-state index < -0.39 is 10.0 Å². The summed E-state index contributed by atoms with van der Waals surface area (Å²) in [6, 6.07) is 5.23. The molecule has 2 aliphatic rings. The summed E-state index contributed by atoms with van der Waals surface area (Å²) in [7, 11) is -1.53. The molecule has 31 heavy (non-hydrogen) atoms. The normalized spacial score (nSPS) is 18.1. The second-order valence-electron chi connectivity index (χ2n) is 7.90. The molecule has 0 atom stereocenters. The van der Waals surface area contributed by atoms with Gasteiger partial charge in [-0.1, -0.05) is 11.8 Å². The van der Waals surface area contributed by atoms with E-state index in [0.29, 0.717) is 43.5 Å². The molecule has 0 spiro atoms. The molecule has 0 bridgehead atoms. The summed E-state index contributed by atoms with van der Waals surface area (Å²) < 4.78 is 37.0. The topological polar surface area (TPSA) is 95.1 Å². The average molecular weight is 463 g/mol. The number of hydrogen-bond donors (Lipinski definition) is 0. The smallest absolute Gasteiger partial charge is 0.243 e. The molecule has 1 aromatic carbocycles. The number of imidazole rings is 1. The fraction of sp³-hybridized carbons (Fsp3) is 0.550. The van der Waals surface area contributed by atoms with Crippen LogP contribution in [0.2, 0.25) is 0 Å². The predicted molar refractivity (Wildman–Crippen MR) is 118 cm³/mol. The molecule has 1 saturated carbocycles. The Labute approximate surface area is 185 Å². The van der Waals surface area contributed by atoms with E-state index in [1.54, 1.807) is 23.9 Å². The maximum absolute atomic E-state index is 13.0. The molecule has 0 N–H and O–H groups in total. The van der Waals surface area contributed by atoms with E-state index >= 15 is 0 Å². The van der Waals surface area contributed by atoms with Crippen molar-refractivity contribution in [3.8, 4) is 0 Å². The van der Waals surface area contributed by atoms with Gasteiger partial charge in [0.05, 0.1) is 34.9 Å². The quantitative estimate of drug-likeness (QED) is 0.498. The molecule has 0 amide bonds. The van der Waals surface area contributed by atoms with Gasteiger partial charge >= 0.3 is 0 Å². The molecule has 9 nitrogen and oxygen atoms in total. The van der Waals surface area contributed by atoms with Crippen LogP contribution < -0.4 is 0 Å². The van der Waals surface area contributed by atoms with Crippen LogP contribution in [0.3, 0.4) is 0 Å². The molecule has 1 aliphatic heterocycles. The molecular formula is C20H26N6O3S2. The van der Waals surface area contributed by atoms with E-state index in [9.17, 15) is 8.42 Å². The number of ether oxygens (including phenoxy) is 1. The Morgan fingerprint density at radius 2 is 1.97 bits per heavy atom. The minimum absolute atomic E-state index is 0.282. The average Bonchev–Trinajstić information content (AvgIpc) is 3.47. The molecule has 11 heteroatoms. The van der Waals surface area contributed by atoms with Crippen molar-refractivity contribution in [3.05, 3.63) is 29.8 Å². The Morgan fingerprint density at radius 1 is 1.19 bits per heavy atom. The number of morpholine rings is 1. The zero-order chi connectivity index (χ0) is 21.6. The van der Waals surface area contributed by atoms with E-state index in [-0.39, 0.29) is 4.90 Å². The maximum Gasteiger partial charge on any atom is 0.243 e.